The largest absolute Gasteiger partial charge is 0.454 e. The Labute approximate surface area is 139 Å². The summed E-state index contributed by atoms with van der Waals surface area (Å²) < 4.78 is 10.6. The molecule has 1 aromatic carbocycles. The number of benzene rings is 1. The van der Waals surface area contributed by atoms with E-state index in [1.165, 1.54) is 0 Å². The molecule has 7 heteroatoms. The average molecular weight is 333 g/mol. The van der Waals surface area contributed by atoms with Gasteiger partial charge in [-0.15, -0.1) is 11.3 Å². The lowest BCUT2D eigenvalue weighted by atomic mass is 10.2. The van der Waals surface area contributed by atoms with E-state index >= 15 is 0 Å². The first-order chi connectivity index (χ1) is 11.0. The minimum absolute atomic E-state index is 0.0710. The number of nitrogens with zero attached hydrogens (tertiary/aromatic N) is 2. The van der Waals surface area contributed by atoms with Crippen LogP contribution >= 0.6 is 11.3 Å². The first-order valence-corrected chi connectivity index (χ1v) is 8.22. The number of aryl methyl sites for hydroxylation is 1. The molecule has 0 spiro atoms. The van der Waals surface area contributed by atoms with Gasteiger partial charge in [-0.3, -0.25) is 9.69 Å². The van der Waals surface area contributed by atoms with E-state index in [9.17, 15) is 4.79 Å². The van der Waals surface area contributed by atoms with Crippen LogP contribution < -0.4 is 14.8 Å². The second-order valence-corrected chi connectivity index (χ2v) is 6.57. The van der Waals surface area contributed by atoms with Crippen LogP contribution in [0, 0.1) is 6.92 Å². The van der Waals surface area contributed by atoms with Crippen molar-refractivity contribution in [2.75, 3.05) is 19.2 Å². The lowest BCUT2D eigenvalue weighted by molar-refractivity contribution is -0.120. The molecule has 0 saturated heterocycles. The van der Waals surface area contributed by atoms with Gasteiger partial charge < -0.3 is 14.8 Å². The van der Waals surface area contributed by atoms with Crippen molar-refractivity contribution in [2.24, 2.45) is 0 Å². The number of ether oxygens (including phenoxy) is 2. The van der Waals surface area contributed by atoms with Crippen molar-refractivity contribution in [3.63, 3.8) is 0 Å². The zero-order valence-electron chi connectivity index (χ0n) is 13.3. The molecular weight excluding hydrogens is 314 g/mol. The number of hydrogen-bond acceptors (Lipinski definition) is 6. The summed E-state index contributed by atoms with van der Waals surface area (Å²) in [7, 11) is 1.92. The second kappa shape index (κ2) is 6.55. The van der Waals surface area contributed by atoms with E-state index in [1.54, 1.807) is 23.5 Å². The van der Waals surface area contributed by atoms with E-state index in [4.69, 9.17) is 9.47 Å². The van der Waals surface area contributed by atoms with Crippen LogP contribution in [-0.2, 0) is 11.3 Å². The minimum atomic E-state index is -0.276. The quantitative estimate of drug-likeness (QED) is 0.911. The number of rotatable bonds is 5. The molecule has 6 nitrogen and oxygen atoms in total. The molecule has 23 heavy (non-hydrogen) atoms. The highest BCUT2D eigenvalue weighted by molar-refractivity contribution is 7.09. The van der Waals surface area contributed by atoms with Crippen LogP contribution in [0.15, 0.2) is 23.6 Å². The number of fused-ring (bicyclic) bond motifs is 1. The molecule has 1 atom stereocenters. The SMILES string of the molecule is Cc1nc(CN(C)C(C)C(=O)Nc2ccc3c(c2)OCO3)cs1. The Balaban J connectivity index is 1.60. The summed E-state index contributed by atoms with van der Waals surface area (Å²) in [5.41, 5.74) is 1.68. The fraction of sp³-hybridized carbons (Fsp3) is 0.375. The van der Waals surface area contributed by atoms with Gasteiger partial charge in [0.05, 0.1) is 16.7 Å². The van der Waals surface area contributed by atoms with Crippen LogP contribution in [0.25, 0.3) is 0 Å². The third-order valence-electron chi connectivity index (χ3n) is 3.76. The van der Waals surface area contributed by atoms with Crippen LogP contribution in [0.2, 0.25) is 0 Å². The van der Waals surface area contributed by atoms with Crippen LogP contribution in [0.5, 0.6) is 11.5 Å². The van der Waals surface area contributed by atoms with Gasteiger partial charge in [-0.2, -0.15) is 0 Å². The monoisotopic (exact) mass is 333 g/mol. The molecule has 0 bridgehead atoms. The third kappa shape index (κ3) is 3.62. The number of hydrogen-bond donors (Lipinski definition) is 1. The summed E-state index contributed by atoms with van der Waals surface area (Å²) in [4.78, 5) is 18.8. The Morgan fingerprint density at radius 1 is 1.43 bits per heavy atom. The van der Waals surface area contributed by atoms with E-state index in [1.807, 2.05) is 37.2 Å². The van der Waals surface area contributed by atoms with E-state index in [-0.39, 0.29) is 18.7 Å². The molecule has 1 aromatic heterocycles. The maximum absolute atomic E-state index is 12.4. The van der Waals surface area contributed by atoms with Crippen LogP contribution in [0.4, 0.5) is 5.69 Å². The van der Waals surface area contributed by atoms with Gasteiger partial charge in [-0.25, -0.2) is 4.98 Å². The number of amides is 1. The van der Waals surface area contributed by atoms with Gasteiger partial charge in [0.15, 0.2) is 11.5 Å². The van der Waals surface area contributed by atoms with Crippen molar-refractivity contribution in [1.82, 2.24) is 9.88 Å². The van der Waals surface area contributed by atoms with Crippen LogP contribution in [0.3, 0.4) is 0 Å². The molecule has 1 N–H and O–H groups in total. The summed E-state index contributed by atoms with van der Waals surface area (Å²) in [6.45, 7) is 4.71. The van der Waals surface area contributed by atoms with E-state index < -0.39 is 0 Å². The molecule has 1 amide bonds. The van der Waals surface area contributed by atoms with Gasteiger partial charge in [0.2, 0.25) is 12.7 Å². The van der Waals surface area contributed by atoms with E-state index in [0.717, 1.165) is 10.7 Å². The van der Waals surface area contributed by atoms with Crippen LogP contribution in [-0.4, -0.2) is 35.7 Å². The van der Waals surface area contributed by atoms with Crippen molar-refractivity contribution >= 4 is 22.9 Å². The lowest BCUT2D eigenvalue weighted by Crippen LogP contribution is -2.39. The number of thiazole rings is 1. The van der Waals surface area contributed by atoms with Gasteiger partial charge in [-0.05, 0) is 33.0 Å². The highest BCUT2D eigenvalue weighted by Gasteiger charge is 2.20. The maximum Gasteiger partial charge on any atom is 0.241 e. The summed E-state index contributed by atoms with van der Waals surface area (Å²) in [5, 5.41) is 5.96. The predicted molar refractivity (Wildman–Crippen MR) is 89.0 cm³/mol. The molecule has 0 saturated carbocycles. The Kier molecular flexibility index (Phi) is 4.49. The predicted octanol–water partition coefficient (Wildman–Crippen LogP) is 2.64. The maximum atomic E-state index is 12.4. The van der Waals surface area contributed by atoms with Gasteiger partial charge in [-0.1, -0.05) is 0 Å². The van der Waals surface area contributed by atoms with Crippen molar-refractivity contribution in [3.8, 4) is 11.5 Å². The van der Waals surface area contributed by atoms with E-state index in [2.05, 4.69) is 10.3 Å². The number of carbonyl (C=O) groups is 1. The van der Waals surface area contributed by atoms with Gasteiger partial charge >= 0.3 is 0 Å². The average Bonchev–Trinajstić information content (AvgIpc) is 3.14. The van der Waals surface area contributed by atoms with Gasteiger partial charge in [0, 0.05) is 23.7 Å². The Morgan fingerprint density at radius 2 is 2.22 bits per heavy atom. The van der Waals surface area contributed by atoms with Gasteiger partial charge in [0.1, 0.15) is 0 Å². The fourth-order valence-corrected chi connectivity index (χ4v) is 2.90. The lowest BCUT2D eigenvalue weighted by Gasteiger charge is -2.23. The zero-order valence-corrected chi connectivity index (χ0v) is 14.1. The molecular formula is C16H19N3O3S. The molecule has 0 fully saturated rings. The topological polar surface area (TPSA) is 63.7 Å². The first-order valence-electron chi connectivity index (χ1n) is 7.34. The van der Waals surface area contributed by atoms with Crippen molar-refractivity contribution in [2.45, 2.75) is 26.4 Å². The number of nitrogens with one attached hydrogen (secondary N) is 1. The molecule has 1 aliphatic rings. The molecule has 2 aromatic rings. The number of likely N-dealkylation sites (N-methyl/N-ethyl adjacent to an activating group) is 1. The summed E-state index contributed by atoms with van der Waals surface area (Å²) in [6.07, 6.45) is 0. The second-order valence-electron chi connectivity index (χ2n) is 5.51. The Bertz CT molecular complexity index is 716. The normalized spacial score (nSPS) is 14.1. The number of aromatic nitrogens is 1. The van der Waals surface area contributed by atoms with Crippen molar-refractivity contribution < 1.29 is 14.3 Å². The fourth-order valence-electron chi connectivity index (χ4n) is 2.29. The zero-order chi connectivity index (χ0) is 16.4. The number of anilines is 1. The highest BCUT2D eigenvalue weighted by Crippen LogP contribution is 2.34. The summed E-state index contributed by atoms with van der Waals surface area (Å²) in [6, 6.07) is 5.10. The van der Waals surface area contributed by atoms with Crippen molar-refractivity contribution in [3.05, 3.63) is 34.3 Å². The molecule has 0 aliphatic carbocycles. The smallest absolute Gasteiger partial charge is 0.241 e. The summed E-state index contributed by atoms with van der Waals surface area (Å²) >= 11 is 1.62. The molecule has 0 radical (unpaired) electrons. The molecule has 122 valence electrons. The van der Waals surface area contributed by atoms with Crippen molar-refractivity contribution in [1.29, 1.82) is 0 Å². The first kappa shape index (κ1) is 15.8. The van der Waals surface area contributed by atoms with E-state index in [0.29, 0.717) is 23.7 Å². The molecule has 1 aliphatic heterocycles. The summed E-state index contributed by atoms with van der Waals surface area (Å²) in [5.74, 6) is 1.28. The molecule has 1 unspecified atom stereocenters. The highest BCUT2D eigenvalue weighted by atomic mass is 32.1. The number of carbonyl (C=O) groups excluding carboxylic acids is 1. The Hall–Kier alpha value is -2.12. The molecule has 2 heterocycles. The Morgan fingerprint density at radius 3 is 2.96 bits per heavy atom. The third-order valence-corrected chi connectivity index (χ3v) is 4.58. The standard InChI is InChI=1S/C16H19N3O3S/c1-10(19(3)7-13-8-23-11(2)17-13)16(20)18-12-4-5-14-15(6-12)22-9-21-14/h4-6,8,10H,7,9H2,1-3H3,(H,18,20). The van der Waals surface area contributed by atoms with Gasteiger partial charge in [0.25, 0.3) is 0 Å². The van der Waals surface area contributed by atoms with Crippen LogP contribution in [0.1, 0.15) is 17.6 Å². The minimum Gasteiger partial charge on any atom is -0.454 e. The molecule has 3 rings (SSSR count).